The molecule has 1 amide bonds. The highest BCUT2D eigenvalue weighted by Crippen LogP contribution is 2.43. The van der Waals surface area contributed by atoms with Gasteiger partial charge in [-0.15, -0.1) is 0 Å². The lowest BCUT2D eigenvalue weighted by atomic mass is 9.71. The Labute approximate surface area is 277 Å². The summed E-state index contributed by atoms with van der Waals surface area (Å²) in [5.74, 6) is 0.415. The molecule has 2 saturated heterocycles. The lowest BCUT2D eigenvalue weighted by molar-refractivity contribution is 0.00666. The molecule has 2 aliphatic heterocycles. The molecule has 0 bridgehead atoms. The van der Waals surface area contributed by atoms with Gasteiger partial charge in [-0.25, -0.2) is 9.18 Å². The zero-order valence-electron chi connectivity index (χ0n) is 27.6. The normalized spacial score (nSPS) is 16.2. The second-order valence-electron chi connectivity index (χ2n) is 13.7. The molecule has 7 nitrogen and oxygen atoms in total. The Balaban J connectivity index is 1.13. The summed E-state index contributed by atoms with van der Waals surface area (Å²) in [7, 11) is 0. The van der Waals surface area contributed by atoms with Gasteiger partial charge in [0.25, 0.3) is 0 Å². The number of anilines is 1. The minimum Gasteiger partial charge on any atom is -0.473 e. The van der Waals surface area contributed by atoms with Crippen molar-refractivity contribution < 1.29 is 23.4 Å². The molecule has 1 aromatic heterocycles. The third kappa shape index (κ3) is 8.23. The van der Waals surface area contributed by atoms with Crippen molar-refractivity contribution in [2.45, 2.75) is 65.3 Å². The maximum absolute atomic E-state index is 15.9. The van der Waals surface area contributed by atoms with E-state index in [9.17, 15) is 4.79 Å². The first-order chi connectivity index (χ1) is 22.7. The van der Waals surface area contributed by atoms with Crippen molar-refractivity contribution in [2.24, 2.45) is 5.41 Å². The highest BCUT2D eigenvalue weighted by atomic mass is 19.1. The summed E-state index contributed by atoms with van der Waals surface area (Å²) in [5, 5.41) is 0. The molecule has 6 rings (SSSR count). The zero-order valence-corrected chi connectivity index (χ0v) is 27.6. The molecule has 0 saturated carbocycles. The Hall–Kier alpha value is -4.59. The number of likely N-dealkylation sites (tertiary alicyclic amines) is 1. The van der Waals surface area contributed by atoms with Crippen LogP contribution in [0, 0.1) is 11.2 Å². The summed E-state index contributed by atoms with van der Waals surface area (Å²) < 4.78 is 33.6. The zero-order chi connectivity index (χ0) is 32.9. The molecule has 0 N–H and O–H groups in total. The van der Waals surface area contributed by atoms with Crippen LogP contribution in [0.15, 0.2) is 91.0 Å². The third-order valence-corrected chi connectivity index (χ3v) is 9.19. The van der Waals surface area contributed by atoms with Gasteiger partial charge in [0, 0.05) is 49.1 Å². The van der Waals surface area contributed by atoms with Crippen LogP contribution in [0.2, 0.25) is 0 Å². The monoisotopic (exact) mass is 637 g/mol. The van der Waals surface area contributed by atoms with Crippen molar-refractivity contribution in [1.29, 1.82) is 0 Å². The first-order valence-electron chi connectivity index (χ1n) is 16.5. The molecule has 0 atom stereocenters. The van der Waals surface area contributed by atoms with Crippen molar-refractivity contribution in [3.63, 3.8) is 0 Å². The number of benzene rings is 3. The number of aromatic nitrogens is 1. The Kier molecular flexibility index (Phi) is 9.66. The smallest absolute Gasteiger partial charge is 0.410 e. The fourth-order valence-electron chi connectivity index (χ4n) is 6.42. The van der Waals surface area contributed by atoms with Crippen molar-refractivity contribution >= 4 is 11.8 Å². The van der Waals surface area contributed by atoms with E-state index in [1.165, 1.54) is 0 Å². The number of pyridine rings is 1. The molecule has 3 heterocycles. The number of nitrogens with zero attached hydrogens (tertiary/aromatic N) is 3. The van der Waals surface area contributed by atoms with Gasteiger partial charge in [0.05, 0.1) is 0 Å². The standard InChI is InChI=1S/C39H44FN3O4/c1-38(2,3)47-37(44)43-24-20-39(21-25-43)18-22-42(23-19-39)31-14-15-32(34(40)26-31)33-16-17-35(45-27-29-10-6-4-7-11-29)41-36(33)46-28-30-12-8-5-9-13-30/h4-17,26H,18-25,27-28H2,1-3H3. The Morgan fingerprint density at radius 2 is 1.34 bits per heavy atom. The SMILES string of the molecule is CC(C)(C)OC(=O)N1CCC2(CC1)CCN(c1ccc(-c3ccc(OCc4ccccc4)nc3OCc3ccccc3)c(F)c1)CC2. The minimum atomic E-state index is -0.490. The molecule has 246 valence electrons. The number of hydrogen-bond acceptors (Lipinski definition) is 6. The summed E-state index contributed by atoms with van der Waals surface area (Å²) in [6.07, 6.45) is 3.75. The topological polar surface area (TPSA) is 64.1 Å². The van der Waals surface area contributed by atoms with Crippen LogP contribution in [-0.2, 0) is 18.0 Å². The fourth-order valence-corrected chi connectivity index (χ4v) is 6.42. The second kappa shape index (κ2) is 14.0. The van der Waals surface area contributed by atoms with E-state index in [2.05, 4.69) is 9.88 Å². The van der Waals surface area contributed by atoms with Crippen molar-refractivity contribution in [3.8, 4) is 22.9 Å². The summed E-state index contributed by atoms with van der Waals surface area (Å²) in [4.78, 5) is 21.3. The van der Waals surface area contributed by atoms with Gasteiger partial charge in [0.15, 0.2) is 0 Å². The van der Waals surface area contributed by atoms with Crippen LogP contribution in [0.1, 0.15) is 57.6 Å². The molecule has 4 aromatic rings. The van der Waals surface area contributed by atoms with Crippen LogP contribution in [0.5, 0.6) is 11.8 Å². The Morgan fingerprint density at radius 1 is 0.766 bits per heavy atom. The van der Waals surface area contributed by atoms with Crippen molar-refractivity contribution in [2.75, 3.05) is 31.1 Å². The lowest BCUT2D eigenvalue weighted by Gasteiger charge is -2.47. The second-order valence-corrected chi connectivity index (χ2v) is 13.7. The molecule has 0 unspecified atom stereocenters. The van der Waals surface area contributed by atoms with Gasteiger partial charge in [-0.1, -0.05) is 60.7 Å². The van der Waals surface area contributed by atoms with Crippen LogP contribution in [0.25, 0.3) is 11.1 Å². The van der Waals surface area contributed by atoms with Gasteiger partial charge < -0.3 is 24.0 Å². The largest absolute Gasteiger partial charge is 0.473 e. The van der Waals surface area contributed by atoms with Gasteiger partial charge in [0.2, 0.25) is 11.8 Å². The molecule has 2 aliphatic rings. The summed E-state index contributed by atoms with van der Waals surface area (Å²) >= 11 is 0. The molecule has 1 spiro atoms. The first kappa shape index (κ1) is 32.4. The molecule has 0 radical (unpaired) electrons. The number of hydrogen-bond donors (Lipinski definition) is 0. The van der Waals surface area contributed by atoms with Crippen LogP contribution in [-0.4, -0.2) is 47.8 Å². The maximum atomic E-state index is 15.9. The predicted octanol–water partition coefficient (Wildman–Crippen LogP) is 8.66. The van der Waals surface area contributed by atoms with E-state index in [-0.39, 0.29) is 17.3 Å². The lowest BCUT2D eigenvalue weighted by Crippen LogP contribution is -2.49. The van der Waals surface area contributed by atoms with Gasteiger partial charge in [0.1, 0.15) is 24.6 Å². The highest BCUT2D eigenvalue weighted by molar-refractivity contribution is 5.72. The van der Waals surface area contributed by atoms with Crippen molar-refractivity contribution in [3.05, 3.63) is 108 Å². The molecule has 2 fully saturated rings. The maximum Gasteiger partial charge on any atom is 0.410 e. The molecule has 8 heteroatoms. The summed E-state index contributed by atoms with van der Waals surface area (Å²) in [5.41, 5.74) is 3.62. The molecule has 3 aromatic carbocycles. The summed E-state index contributed by atoms with van der Waals surface area (Å²) in [6, 6.07) is 28.8. The third-order valence-electron chi connectivity index (χ3n) is 9.19. The van der Waals surface area contributed by atoms with E-state index in [1.54, 1.807) is 12.1 Å². The quantitative estimate of drug-likeness (QED) is 0.193. The molecule has 47 heavy (non-hydrogen) atoms. The van der Waals surface area contributed by atoms with Crippen molar-refractivity contribution in [1.82, 2.24) is 9.88 Å². The van der Waals surface area contributed by atoms with Crippen LogP contribution in [0.3, 0.4) is 0 Å². The predicted molar refractivity (Wildman–Crippen MR) is 182 cm³/mol. The van der Waals surface area contributed by atoms with Crippen LogP contribution >= 0.6 is 0 Å². The number of ether oxygens (including phenoxy) is 3. The average molecular weight is 638 g/mol. The Morgan fingerprint density at radius 3 is 1.94 bits per heavy atom. The molecule has 0 aliphatic carbocycles. The van der Waals surface area contributed by atoms with E-state index in [0.29, 0.717) is 36.1 Å². The van der Waals surface area contributed by atoms with E-state index in [0.717, 1.165) is 68.7 Å². The molecular weight excluding hydrogens is 593 g/mol. The van der Waals surface area contributed by atoms with Crippen LogP contribution < -0.4 is 14.4 Å². The number of carbonyl (C=O) groups is 1. The Bertz CT molecular complexity index is 1640. The number of carbonyl (C=O) groups excluding carboxylic acids is 1. The number of halogens is 1. The van der Waals surface area contributed by atoms with Gasteiger partial charge in [-0.05, 0) is 87.3 Å². The van der Waals surface area contributed by atoms with E-state index in [4.69, 9.17) is 14.2 Å². The van der Waals surface area contributed by atoms with E-state index in [1.807, 2.05) is 105 Å². The molecular formula is C39H44FN3O4. The number of piperidine rings is 2. The minimum absolute atomic E-state index is 0.217. The number of amides is 1. The van der Waals surface area contributed by atoms with E-state index < -0.39 is 5.60 Å². The summed E-state index contributed by atoms with van der Waals surface area (Å²) in [6.45, 7) is 9.51. The highest BCUT2D eigenvalue weighted by Gasteiger charge is 2.39. The average Bonchev–Trinajstić information content (AvgIpc) is 3.07. The fraction of sp³-hybridized carbons (Fsp3) is 0.385. The van der Waals surface area contributed by atoms with Gasteiger partial charge in [-0.2, -0.15) is 4.98 Å². The van der Waals surface area contributed by atoms with Gasteiger partial charge >= 0.3 is 6.09 Å². The van der Waals surface area contributed by atoms with E-state index >= 15 is 4.39 Å². The first-order valence-corrected chi connectivity index (χ1v) is 16.5. The van der Waals surface area contributed by atoms with Crippen LogP contribution in [0.4, 0.5) is 14.9 Å². The number of rotatable bonds is 8. The van der Waals surface area contributed by atoms with Gasteiger partial charge in [-0.3, -0.25) is 0 Å².